The lowest BCUT2D eigenvalue weighted by Gasteiger charge is -2.13. The van der Waals surface area contributed by atoms with Crippen molar-refractivity contribution in [3.8, 4) is 0 Å². The maximum Gasteiger partial charge on any atom is 0.417 e. The molecule has 0 radical (unpaired) electrons. The molecule has 0 N–H and O–H groups in total. The Kier molecular flexibility index (Phi) is 4.30. The predicted octanol–water partition coefficient (Wildman–Crippen LogP) is 3.35. The van der Waals surface area contributed by atoms with Crippen molar-refractivity contribution in [1.82, 2.24) is 4.98 Å². The van der Waals surface area contributed by atoms with Crippen LogP contribution in [0.1, 0.15) is 37.9 Å². The zero-order valence-electron chi connectivity index (χ0n) is 9.84. The molecule has 0 saturated carbocycles. The Hall–Kier alpha value is -0.910. The SMILES string of the molecule is CCS(=O)c1cc(C(F)(F)F)cnc1C(C)C. The lowest BCUT2D eigenvalue weighted by atomic mass is 10.1. The molecule has 2 nitrogen and oxygen atoms in total. The number of nitrogens with zero attached hydrogens (tertiary/aromatic N) is 1. The van der Waals surface area contributed by atoms with Crippen LogP contribution in [0.25, 0.3) is 0 Å². The molecular formula is C11H14F3NOS. The molecule has 1 unspecified atom stereocenters. The summed E-state index contributed by atoms with van der Waals surface area (Å²) < 4.78 is 49.3. The van der Waals surface area contributed by atoms with Gasteiger partial charge in [-0.3, -0.25) is 9.19 Å². The number of aromatic nitrogens is 1. The molecule has 0 aliphatic heterocycles. The van der Waals surface area contributed by atoms with E-state index in [4.69, 9.17) is 0 Å². The molecule has 6 heteroatoms. The second-order valence-electron chi connectivity index (χ2n) is 3.89. The molecule has 0 spiro atoms. The number of rotatable bonds is 3. The van der Waals surface area contributed by atoms with Crippen molar-refractivity contribution in [1.29, 1.82) is 0 Å². The van der Waals surface area contributed by atoms with Crippen LogP contribution in [-0.2, 0) is 17.0 Å². The van der Waals surface area contributed by atoms with Crippen LogP contribution in [0, 0.1) is 0 Å². The first-order chi connectivity index (χ1) is 7.77. The van der Waals surface area contributed by atoms with Crippen LogP contribution in [0.2, 0.25) is 0 Å². The molecule has 0 aliphatic carbocycles. The molecule has 1 rings (SSSR count). The molecule has 0 bridgehead atoms. The Morgan fingerprint density at radius 1 is 1.41 bits per heavy atom. The number of halogens is 3. The van der Waals surface area contributed by atoms with Crippen molar-refractivity contribution < 1.29 is 17.4 Å². The summed E-state index contributed by atoms with van der Waals surface area (Å²) in [6, 6.07) is 0.946. The molecule has 0 aliphatic rings. The van der Waals surface area contributed by atoms with E-state index in [-0.39, 0.29) is 16.6 Å². The Morgan fingerprint density at radius 3 is 2.41 bits per heavy atom. The molecule has 0 aromatic carbocycles. The minimum atomic E-state index is -4.45. The largest absolute Gasteiger partial charge is 0.417 e. The predicted molar refractivity (Wildman–Crippen MR) is 60.3 cm³/mol. The van der Waals surface area contributed by atoms with Gasteiger partial charge in [-0.05, 0) is 12.0 Å². The smallest absolute Gasteiger partial charge is 0.259 e. The zero-order valence-corrected chi connectivity index (χ0v) is 10.7. The van der Waals surface area contributed by atoms with Crippen molar-refractivity contribution in [3.63, 3.8) is 0 Å². The monoisotopic (exact) mass is 265 g/mol. The van der Waals surface area contributed by atoms with Crippen LogP contribution in [0.3, 0.4) is 0 Å². The van der Waals surface area contributed by atoms with Crippen molar-refractivity contribution in [2.75, 3.05) is 5.75 Å². The summed E-state index contributed by atoms with van der Waals surface area (Å²) in [5.74, 6) is 0.227. The maximum absolute atomic E-state index is 12.5. The van der Waals surface area contributed by atoms with E-state index in [1.807, 2.05) is 13.8 Å². The molecule has 0 fully saturated rings. The quantitative estimate of drug-likeness (QED) is 0.839. The Bertz CT molecular complexity index is 429. The van der Waals surface area contributed by atoms with Gasteiger partial charge in [0.05, 0.1) is 27.0 Å². The van der Waals surface area contributed by atoms with Crippen LogP contribution in [0.15, 0.2) is 17.2 Å². The van der Waals surface area contributed by atoms with Gasteiger partial charge in [0, 0.05) is 11.9 Å². The highest BCUT2D eigenvalue weighted by Gasteiger charge is 2.32. The number of pyridine rings is 1. The molecule has 0 saturated heterocycles. The van der Waals surface area contributed by atoms with Crippen LogP contribution in [0.4, 0.5) is 13.2 Å². The number of hydrogen-bond acceptors (Lipinski definition) is 2. The topological polar surface area (TPSA) is 30.0 Å². The second-order valence-corrected chi connectivity index (χ2v) is 5.60. The van der Waals surface area contributed by atoms with E-state index in [1.165, 1.54) is 0 Å². The van der Waals surface area contributed by atoms with Gasteiger partial charge in [-0.1, -0.05) is 20.8 Å². The first-order valence-corrected chi connectivity index (χ1v) is 6.54. The van der Waals surface area contributed by atoms with Gasteiger partial charge in [-0.2, -0.15) is 13.2 Å². The first kappa shape index (κ1) is 14.2. The Labute approximate surface area is 101 Å². The first-order valence-electron chi connectivity index (χ1n) is 5.22. The van der Waals surface area contributed by atoms with E-state index in [2.05, 4.69) is 4.98 Å². The third-order valence-electron chi connectivity index (χ3n) is 2.26. The summed E-state index contributed by atoms with van der Waals surface area (Å²) in [4.78, 5) is 3.99. The molecule has 1 atom stereocenters. The van der Waals surface area contributed by atoms with Crippen molar-refractivity contribution in [2.45, 2.75) is 37.8 Å². The Morgan fingerprint density at radius 2 is 2.00 bits per heavy atom. The average molecular weight is 265 g/mol. The number of hydrogen-bond donors (Lipinski definition) is 0. The summed E-state index contributed by atoms with van der Waals surface area (Å²) >= 11 is 0. The van der Waals surface area contributed by atoms with E-state index in [9.17, 15) is 17.4 Å². The third-order valence-corrected chi connectivity index (χ3v) is 3.61. The highest BCUT2D eigenvalue weighted by atomic mass is 32.2. The fourth-order valence-electron chi connectivity index (χ4n) is 1.38. The number of alkyl halides is 3. The van der Waals surface area contributed by atoms with Crippen LogP contribution >= 0.6 is 0 Å². The van der Waals surface area contributed by atoms with E-state index in [1.54, 1.807) is 6.92 Å². The standard InChI is InChI=1S/C11H14F3NOS/c1-4-17(16)9-5-8(11(12,13)14)6-15-10(9)7(2)3/h5-7H,4H2,1-3H3. The van der Waals surface area contributed by atoms with Gasteiger partial charge in [0.1, 0.15) is 0 Å². The van der Waals surface area contributed by atoms with Gasteiger partial charge >= 0.3 is 6.18 Å². The average Bonchev–Trinajstić information content (AvgIpc) is 2.25. The molecule has 1 heterocycles. The van der Waals surface area contributed by atoms with Gasteiger partial charge in [-0.15, -0.1) is 0 Å². The third kappa shape index (κ3) is 3.28. The molecule has 0 amide bonds. The maximum atomic E-state index is 12.5. The van der Waals surface area contributed by atoms with E-state index in [0.29, 0.717) is 5.69 Å². The van der Waals surface area contributed by atoms with E-state index < -0.39 is 22.5 Å². The van der Waals surface area contributed by atoms with Gasteiger partial charge in [0.25, 0.3) is 0 Å². The lowest BCUT2D eigenvalue weighted by Crippen LogP contribution is -2.11. The van der Waals surface area contributed by atoms with Crippen molar-refractivity contribution >= 4 is 10.8 Å². The fourth-order valence-corrected chi connectivity index (χ4v) is 2.47. The van der Waals surface area contributed by atoms with Crippen LogP contribution < -0.4 is 0 Å². The minimum Gasteiger partial charge on any atom is -0.259 e. The lowest BCUT2D eigenvalue weighted by molar-refractivity contribution is -0.138. The highest BCUT2D eigenvalue weighted by Crippen LogP contribution is 2.32. The summed E-state index contributed by atoms with van der Waals surface area (Å²) in [6.45, 7) is 5.29. The zero-order chi connectivity index (χ0) is 13.2. The van der Waals surface area contributed by atoms with E-state index >= 15 is 0 Å². The molecule has 1 aromatic rings. The van der Waals surface area contributed by atoms with Gasteiger partial charge in [-0.25, -0.2) is 0 Å². The van der Waals surface area contributed by atoms with Crippen LogP contribution in [0.5, 0.6) is 0 Å². The molecular weight excluding hydrogens is 251 g/mol. The minimum absolute atomic E-state index is 0.0530. The second kappa shape index (κ2) is 5.16. The molecule has 17 heavy (non-hydrogen) atoms. The normalized spacial score (nSPS) is 14.1. The summed E-state index contributed by atoms with van der Waals surface area (Å²) in [7, 11) is -1.43. The van der Waals surface area contributed by atoms with Gasteiger partial charge in [0.2, 0.25) is 0 Å². The summed E-state index contributed by atoms with van der Waals surface area (Å²) in [5, 5.41) is 0. The summed E-state index contributed by atoms with van der Waals surface area (Å²) in [6.07, 6.45) is -3.65. The van der Waals surface area contributed by atoms with Gasteiger partial charge in [0.15, 0.2) is 0 Å². The molecule has 96 valence electrons. The fraction of sp³-hybridized carbons (Fsp3) is 0.545. The Balaban J connectivity index is 3.34. The molecule has 1 aromatic heterocycles. The van der Waals surface area contributed by atoms with Gasteiger partial charge < -0.3 is 0 Å². The summed E-state index contributed by atoms with van der Waals surface area (Å²) in [5.41, 5.74) is -0.378. The van der Waals surface area contributed by atoms with Crippen molar-refractivity contribution in [2.24, 2.45) is 0 Å². The van der Waals surface area contributed by atoms with Crippen molar-refractivity contribution in [3.05, 3.63) is 23.5 Å². The highest BCUT2D eigenvalue weighted by molar-refractivity contribution is 7.85. The van der Waals surface area contributed by atoms with E-state index in [0.717, 1.165) is 12.3 Å². The van der Waals surface area contributed by atoms with Crippen LogP contribution in [-0.4, -0.2) is 14.9 Å².